The van der Waals surface area contributed by atoms with Crippen molar-refractivity contribution in [3.05, 3.63) is 12.7 Å². The third-order valence-electron chi connectivity index (χ3n) is 6.46. The molecule has 1 aliphatic rings. The summed E-state index contributed by atoms with van der Waals surface area (Å²) in [4.78, 5) is 47.3. The van der Waals surface area contributed by atoms with Crippen molar-refractivity contribution in [1.29, 1.82) is 0 Å². The van der Waals surface area contributed by atoms with E-state index in [1.54, 1.807) is 20.8 Å². The lowest BCUT2D eigenvalue weighted by atomic mass is 10.1. The van der Waals surface area contributed by atoms with Crippen LogP contribution in [0.5, 0.6) is 0 Å². The number of carbonyl (C=O) groups is 3. The number of rotatable bonds is 13. The molecule has 17 heteroatoms. The van der Waals surface area contributed by atoms with E-state index in [1.165, 1.54) is 17.2 Å². The number of aromatic nitrogens is 4. The van der Waals surface area contributed by atoms with E-state index in [1.807, 2.05) is 0 Å². The van der Waals surface area contributed by atoms with E-state index in [2.05, 4.69) is 37.4 Å². The Morgan fingerprint density at radius 1 is 1.18 bits per heavy atom. The van der Waals surface area contributed by atoms with E-state index in [0.29, 0.717) is 35.6 Å². The Balaban J connectivity index is 1.52. The average molecular weight is 638 g/mol. The van der Waals surface area contributed by atoms with Crippen molar-refractivity contribution in [2.45, 2.75) is 76.2 Å². The zero-order chi connectivity index (χ0) is 32.4. The number of carbonyl (C=O) groups excluding carboxylic acids is 2. The van der Waals surface area contributed by atoms with Gasteiger partial charge in [0.05, 0.1) is 12.9 Å². The Morgan fingerprint density at radius 3 is 2.64 bits per heavy atom. The maximum absolute atomic E-state index is 12.1. The zero-order valence-electron chi connectivity index (χ0n) is 24.9. The summed E-state index contributed by atoms with van der Waals surface area (Å²) in [6.45, 7) is 5.68. The molecular weight excluding hydrogens is 596 g/mol. The highest BCUT2D eigenvalue weighted by Crippen LogP contribution is 2.33. The van der Waals surface area contributed by atoms with Gasteiger partial charge in [0.15, 0.2) is 23.4 Å². The molecule has 3 heterocycles. The number of hydrogen-bond acceptors (Lipinski definition) is 12. The number of carboxylic acids is 1. The van der Waals surface area contributed by atoms with Crippen LogP contribution < -0.4 is 22.1 Å². The van der Waals surface area contributed by atoms with Gasteiger partial charge in [-0.2, -0.15) is 0 Å². The molecule has 0 aromatic carbocycles. The van der Waals surface area contributed by atoms with E-state index in [9.17, 15) is 29.7 Å². The summed E-state index contributed by atoms with van der Waals surface area (Å²) in [5, 5.41) is 36.1. The molecule has 3 rings (SSSR count). The molecule has 1 unspecified atom stereocenters. The lowest BCUT2D eigenvalue weighted by Crippen LogP contribution is -2.38. The Hall–Kier alpha value is -3.69. The fourth-order valence-corrected chi connectivity index (χ4v) is 6.28. The number of carboxylic acid groups (broad SMARTS) is 1. The fraction of sp³-hybridized carbons (Fsp3) is 0.630. The minimum atomic E-state index is -1.29. The number of nitrogens with one attached hydrogen (secondary N) is 2. The van der Waals surface area contributed by atoms with Gasteiger partial charge in [-0.3, -0.25) is 14.2 Å². The molecule has 9 N–H and O–H groups in total. The van der Waals surface area contributed by atoms with Crippen LogP contribution >= 0.6 is 0 Å². The number of aliphatic hydroxyl groups is 2. The first-order valence-corrected chi connectivity index (χ1v) is 15.8. The lowest BCUT2D eigenvalue weighted by Gasteiger charge is -2.19. The highest BCUT2D eigenvalue weighted by atomic mass is 32.2. The Kier molecular flexibility index (Phi) is 12.5. The van der Waals surface area contributed by atoms with Crippen molar-refractivity contribution in [3.8, 4) is 11.8 Å². The minimum absolute atomic E-state index is 0.103. The molecule has 0 aliphatic carbocycles. The third-order valence-corrected chi connectivity index (χ3v) is 8.62. The summed E-state index contributed by atoms with van der Waals surface area (Å²) in [6, 6.07) is -1.06. The number of nitrogens with two attached hydrogens (primary N) is 2. The van der Waals surface area contributed by atoms with Crippen molar-refractivity contribution < 1.29 is 39.2 Å². The van der Waals surface area contributed by atoms with E-state index >= 15 is 0 Å². The maximum Gasteiger partial charge on any atom is 0.407 e. The van der Waals surface area contributed by atoms with E-state index in [4.69, 9.17) is 20.9 Å². The molecule has 242 valence electrons. The van der Waals surface area contributed by atoms with Gasteiger partial charge in [-0.1, -0.05) is 5.92 Å². The minimum Gasteiger partial charge on any atom is -0.480 e. The number of aliphatic hydroxyl groups excluding tert-OH is 2. The van der Waals surface area contributed by atoms with Gasteiger partial charge in [0.1, 0.15) is 53.3 Å². The second-order valence-electron chi connectivity index (χ2n) is 11.2. The fourth-order valence-electron chi connectivity index (χ4n) is 4.22. The highest BCUT2D eigenvalue weighted by Gasteiger charge is 2.47. The second kappa shape index (κ2) is 15.9. The van der Waals surface area contributed by atoms with E-state index < -0.39 is 59.1 Å². The van der Waals surface area contributed by atoms with Gasteiger partial charge >= 0.3 is 12.1 Å². The number of nitrogen functional groups attached to an aromatic ring is 1. The number of fused-ring (bicyclic) bond motifs is 1. The number of ether oxygens (including phenoxy) is 2. The number of hydrogen-bond donors (Lipinski definition) is 7. The predicted molar refractivity (Wildman–Crippen MR) is 162 cm³/mol. The zero-order valence-corrected chi connectivity index (χ0v) is 25.7. The normalized spacial score (nSPS) is 21.2. The second-order valence-corrected chi connectivity index (χ2v) is 13.4. The summed E-state index contributed by atoms with van der Waals surface area (Å²) in [6.07, 6.45) is -1.37. The van der Waals surface area contributed by atoms with Crippen LogP contribution in [0.2, 0.25) is 0 Å². The van der Waals surface area contributed by atoms with Crippen LogP contribution in [0.1, 0.15) is 46.3 Å². The quantitative estimate of drug-likeness (QED) is 0.0781. The van der Waals surface area contributed by atoms with Crippen molar-refractivity contribution in [2.24, 2.45) is 5.73 Å². The maximum atomic E-state index is 12.1. The number of aliphatic carboxylic acids is 1. The average Bonchev–Trinajstić information content (AvgIpc) is 3.49. The molecule has 0 saturated carbocycles. The first-order valence-electron chi connectivity index (χ1n) is 14.0. The molecule has 2 aromatic heterocycles. The summed E-state index contributed by atoms with van der Waals surface area (Å²) >= 11 is 0. The smallest absolute Gasteiger partial charge is 0.407 e. The Morgan fingerprint density at radius 2 is 1.93 bits per heavy atom. The summed E-state index contributed by atoms with van der Waals surface area (Å²) < 4.78 is 12.7. The Bertz CT molecular complexity index is 1360. The van der Waals surface area contributed by atoms with Gasteiger partial charge in [-0.05, 0) is 33.1 Å². The number of imidazole rings is 1. The number of nitrogens with zero attached hydrogens (tertiary/aromatic N) is 4. The Labute approximate surface area is 257 Å². The lowest BCUT2D eigenvalue weighted by molar-refractivity contribution is -0.138. The van der Waals surface area contributed by atoms with Gasteiger partial charge in [-0.25, -0.2) is 19.7 Å². The molecule has 1 saturated heterocycles. The van der Waals surface area contributed by atoms with Crippen molar-refractivity contribution in [2.75, 3.05) is 36.1 Å². The molecule has 1 aliphatic heterocycles. The monoisotopic (exact) mass is 637 g/mol. The molecule has 0 spiro atoms. The van der Waals surface area contributed by atoms with Gasteiger partial charge in [0.2, 0.25) is 5.91 Å². The van der Waals surface area contributed by atoms with E-state index in [-0.39, 0.29) is 36.9 Å². The summed E-state index contributed by atoms with van der Waals surface area (Å²) in [7, 11) is -0.560. The van der Waals surface area contributed by atoms with Crippen LogP contribution in [-0.4, -0.2) is 113 Å². The number of amides is 2. The predicted octanol–water partition coefficient (Wildman–Crippen LogP) is -1.13. The van der Waals surface area contributed by atoms with Crippen molar-refractivity contribution in [3.63, 3.8) is 0 Å². The summed E-state index contributed by atoms with van der Waals surface area (Å²) in [5.74, 6) is 5.75. The van der Waals surface area contributed by atoms with Crippen LogP contribution in [0, 0.1) is 11.8 Å². The molecular formula is C27H41N8O8S+. The summed E-state index contributed by atoms with van der Waals surface area (Å²) in [5.41, 5.74) is 11.6. The molecule has 0 radical (unpaired) electrons. The van der Waals surface area contributed by atoms with Crippen LogP contribution in [0.3, 0.4) is 0 Å². The molecule has 6 atom stereocenters. The molecule has 16 nitrogen and oxygen atoms in total. The first kappa shape index (κ1) is 34.8. The number of alkyl carbamates (subject to hydrolysis) is 1. The molecule has 44 heavy (non-hydrogen) atoms. The molecule has 1 fully saturated rings. The molecule has 0 bridgehead atoms. The molecule has 2 aromatic rings. The van der Waals surface area contributed by atoms with Crippen molar-refractivity contribution in [1.82, 2.24) is 30.2 Å². The largest absolute Gasteiger partial charge is 0.480 e. The van der Waals surface area contributed by atoms with Crippen LogP contribution in [0.15, 0.2) is 12.7 Å². The van der Waals surface area contributed by atoms with Crippen molar-refractivity contribution >= 4 is 45.8 Å². The van der Waals surface area contributed by atoms with Crippen LogP contribution in [0.25, 0.3) is 11.2 Å². The van der Waals surface area contributed by atoms with Crippen LogP contribution in [-0.2, 0) is 30.0 Å². The SMILES string of the molecule is CC(C)(C)OC(=O)NCCCC(=O)NCC#CC[S@@+](CC[C@H](N)C(=O)O)C[C@H]1O[C@@H](n2cnc3c(N)ncnc32)[C@@H](O)C1O. The van der Waals surface area contributed by atoms with Gasteiger partial charge in [0, 0.05) is 30.3 Å². The topological polar surface area (TPSA) is 250 Å². The van der Waals surface area contributed by atoms with Gasteiger partial charge in [0.25, 0.3) is 0 Å². The molecule has 2 amide bonds. The van der Waals surface area contributed by atoms with Gasteiger partial charge < -0.3 is 46.9 Å². The number of anilines is 1. The first-order chi connectivity index (χ1) is 20.8. The highest BCUT2D eigenvalue weighted by molar-refractivity contribution is 7.97. The van der Waals surface area contributed by atoms with Crippen LogP contribution in [0.4, 0.5) is 10.6 Å². The van der Waals surface area contributed by atoms with E-state index in [0.717, 1.165) is 0 Å². The third kappa shape index (κ3) is 10.2. The van der Waals surface area contributed by atoms with Gasteiger partial charge in [-0.15, -0.1) is 0 Å². The standard InChI is InChI=1S/C27H40N8O8S/c1-27(2,3)43-26(41)31-10-6-7-18(36)30-9-4-5-11-44(12-8-16(28)25(39)40)13-17-20(37)21(38)24(42-17)35-15-34-19-22(29)32-14-33-23(19)35/h14-17,20-21,24,37-38H,6-13,28H2,1-3H3,(H4-,29,30,31,32,33,36,39,40,41)/p+1/t16-,17+,20?,21-,24+,44-/m0/s1.